The quantitative estimate of drug-likeness (QED) is 0.536. The van der Waals surface area contributed by atoms with E-state index in [4.69, 9.17) is 0 Å². The molecule has 1 heterocycles. The van der Waals surface area contributed by atoms with E-state index >= 15 is 0 Å². The normalized spacial score (nSPS) is 11.4. The summed E-state index contributed by atoms with van der Waals surface area (Å²) in [6.45, 7) is -0.841. The van der Waals surface area contributed by atoms with Crippen LogP contribution >= 0.6 is 11.3 Å². The van der Waals surface area contributed by atoms with Gasteiger partial charge in [0.25, 0.3) is 0 Å². The van der Waals surface area contributed by atoms with Gasteiger partial charge in [-0.05, 0) is 30.7 Å². The maximum absolute atomic E-state index is 12.2. The van der Waals surface area contributed by atoms with Crippen molar-refractivity contribution in [2.45, 2.75) is 13.5 Å². The first-order valence-corrected chi connectivity index (χ1v) is 8.63. The molecule has 1 aromatic heterocycles. The summed E-state index contributed by atoms with van der Waals surface area (Å²) in [6, 6.07) is 16.3. The molecule has 0 unspecified atom stereocenters. The minimum absolute atomic E-state index is 0.0755. The van der Waals surface area contributed by atoms with Crippen LogP contribution in [-0.2, 0) is 0 Å². The van der Waals surface area contributed by atoms with Gasteiger partial charge in [-0.15, -0.1) is 11.3 Å². The van der Waals surface area contributed by atoms with Crippen LogP contribution in [0.1, 0.15) is 16.1 Å². The van der Waals surface area contributed by atoms with Gasteiger partial charge in [0.1, 0.15) is 16.8 Å². The number of allylic oxidation sites excluding steroid dienone is 1. The summed E-state index contributed by atoms with van der Waals surface area (Å²) in [5.41, 5.74) is 4.09. The summed E-state index contributed by atoms with van der Waals surface area (Å²) in [5, 5.41) is 12.0. The average molecular weight is 368 g/mol. The van der Waals surface area contributed by atoms with Crippen molar-refractivity contribution in [1.29, 1.82) is 5.26 Å². The SMILES string of the molecule is Cc1ccc(-c2csc(/C(C#N)=C/c3ccc(OC(F)F)cc3)n2)cc1. The summed E-state index contributed by atoms with van der Waals surface area (Å²) < 4.78 is 28.7. The van der Waals surface area contributed by atoms with E-state index in [2.05, 4.69) is 15.8 Å². The average Bonchev–Trinajstić information content (AvgIpc) is 3.11. The second-order valence-corrected chi connectivity index (χ2v) is 6.38. The topological polar surface area (TPSA) is 45.9 Å². The standard InChI is InChI=1S/C20H14F2N2OS/c1-13-2-6-15(7-3-13)18-12-26-19(24-18)16(11-23)10-14-4-8-17(9-5-14)25-20(21)22/h2-10,12,20H,1H3/b16-10+. The van der Waals surface area contributed by atoms with E-state index in [9.17, 15) is 14.0 Å². The Hall–Kier alpha value is -3.04. The smallest absolute Gasteiger partial charge is 0.387 e. The largest absolute Gasteiger partial charge is 0.435 e. The molecular formula is C20H14F2N2OS. The lowest BCUT2D eigenvalue weighted by Gasteiger charge is -2.04. The maximum atomic E-state index is 12.2. The second kappa shape index (κ2) is 7.89. The first-order chi connectivity index (χ1) is 12.5. The number of hydrogen-bond donors (Lipinski definition) is 0. The molecule has 0 atom stereocenters. The lowest BCUT2D eigenvalue weighted by Crippen LogP contribution is -2.01. The summed E-state index contributed by atoms with van der Waals surface area (Å²) in [6.07, 6.45) is 1.67. The number of aryl methyl sites for hydroxylation is 1. The molecule has 130 valence electrons. The molecule has 0 N–H and O–H groups in total. The molecule has 3 rings (SSSR count). The van der Waals surface area contributed by atoms with Crippen molar-refractivity contribution >= 4 is 23.0 Å². The molecule has 0 aliphatic carbocycles. The van der Waals surface area contributed by atoms with Gasteiger partial charge in [0.2, 0.25) is 0 Å². The lowest BCUT2D eigenvalue weighted by atomic mass is 10.1. The van der Waals surface area contributed by atoms with E-state index in [1.165, 1.54) is 29.0 Å². The van der Waals surface area contributed by atoms with Gasteiger partial charge in [0.05, 0.1) is 11.3 Å². The third-order valence-electron chi connectivity index (χ3n) is 3.62. The second-order valence-electron chi connectivity index (χ2n) is 5.52. The Kier molecular flexibility index (Phi) is 5.40. The molecule has 0 spiro atoms. The number of hydrogen-bond acceptors (Lipinski definition) is 4. The maximum Gasteiger partial charge on any atom is 0.387 e. The molecule has 3 aromatic rings. The highest BCUT2D eigenvalue weighted by Crippen LogP contribution is 2.27. The Morgan fingerprint density at radius 2 is 1.85 bits per heavy atom. The van der Waals surface area contributed by atoms with Crippen molar-refractivity contribution in [3.63, 3.8) is 0 Å². The van der Waals surface area contributed by atoms with Crippen LogP contribution in [0.3, 0.4) is 0 Å². The molecule has 0 saturated heterocycles. The van der Waals surface area contributed by atoms with Crippen molar-refractivity contribution in [2.75, 3.05) is 0 Å². The highest BCUT2D eigenvalue weighted by atomic mass is 32.1. The van der Waals surface area contributed by atoms with Gasteiger partial charge in [-0.25, -0.2) is 4.98 Å². The molecule has 0 saturated carbocycles. The molecule has 0 radical (unpaired) electrons. The molecule has 6 heteroatoms. The van der Waals surface area contributed by atoms with Crippen LogP contribution in [0.4, 0.5) is 8.78 Å². The van der Waals surface area contributed by atoms with Gasteiger partial charge in [-0.3, -0.25) is 0 Å². The minimum Gasteiger partial charge on any atom is -0.435 e. The molecule has 0 bridgehead atoms. The van der Waals surface area contributed by atoms with Crippen LogP contribution in [0.15, 0.2) is 53.9 Å². The minimum atomic E-state index is -2.86. The zero-order valence-electron chi connectivity index (χ0n) is 13.8. The number of ether oxygens (including phenoxy) is 1. The molecule has 0 amide bonds. The first-order valence-electron chi connectivity index (χ1n) is 7.75. The van der Waals surface area contributed by atoms with Gasteiger partial charge in [0, 0.05) is 10.9 Å². The summed E-state index contributed by atoms with van der Waals surface area (Å²) in [5.74, 6) is 0.0755. The molecule has 26 heavy (non-hydrogen) atoms. The Morgan fingerprint density at radius 1 is 1.15 bits per heavy atom. The van der Waals surface area contributed by atoms with E-state index in [0.717, 1.165) is 11.3 Å². The number of aromatic nitrogens is 1. The summed E-state index contributed by atoms with van der Waals surface area (Å²) >= 11 is 1.39. The molecular weight excluding hydrogens is 354 g/mol. The van der Waals surface area contributed by atoms with Crippen molar-refractivity contribution in [1.82, 2.24) is 4.98 Å². The molecule has 2 aromatic carbocycles. The molecule has 0 fully saturated rings. The van der Waals surface area contributed by atoms with Gasteiger partial charge in [-0.1, -0.05) is 42.0 Å². The number of alkyl halides is 2. The van der Waals surface area contributed by atoms with Gasteiger partial charge in [0.15, 0.2) is 0 Å². The van der Waals surface area contributed by atoms with E-state index in [1.54, 1.807) is 18.2 Å². The zero-order chi connectivity index (χ0) is 18.5. The Morgan fingerprint density at radius 3 is 2.46 bits per heavy atom. The number of benzene rings is 2. The van der Waals surface area contributed by atoms with Crippen molar-refractivity contribution in [2.24, 2.45) is 0 Å². The first kappa shape index (κ1) is 17.8. The van der Waals surface area contributed by atoms with E-state index < -0.39 is 6.61 Å². The fourth-order valence-electron chi connectivity index (χ4n) is 2.31. The van der Waals surface area contributed by atoms with Gasteiger partial charge < -0.3 is 4.74 Å². The van der Waals surface area contributed by atoms with Crippen molar-refractivity contribution < 1.29 is 13.5 Å². The fourth-order valence-corrected chi connectivity index (χ4v) is 3.10. The fraction of sp³-hybridized carbons (Fsp3) is 0.100. The third-order valence-corrected chi connectivity index (χ3v) is 4.49. The summed E-state index contributed by atoms with van der Waals surface area (Å²) in [4.78, 5) is 4.54. The van der Waals surface area contributed by atoms with Crippen molar-refractivity contribution in [3.05, 3.63) is 70.0 Å². The zero-order valence-corrected chi connectivity index (χ0v) is 14.6. The molecule has 0 aliphatic rings. The monoisotopic (exact) mass is 368 g/mol. The van der Waals surface area contributed by atoms with E-state index in [0.29, 0.717) is 16.1 Å². The van der Waals surface area contributed by atoms with Gasteiger partial charge >= 0.3 is 6.61 Å². The molecule has 0 aliphatic heterocycles. The van der Waals surface area contributed by atoms with Gasteiger partial charge in [-0.2, -0.15) is 14.0 Å². The van der Waals surface area contributed by atoms with Crippen molar-refractivity contribution in [3.8, 4) is 23.1 Å². The predicted molar refractivity (Wildman–Crippen MR) is 98.8 cm³/mol. The molecule has 3 nitrogen and oxygen atoms in total. The predicted octanol–water partition coefficient (Wildman–Crippen LogP) is 5.78. The van der Waals surface area contributed by atoms with E-state index in [1.807, 2.05) is 36.6 Å². The van der Waals surface area contributed by atoms with Crippen LogP contribution in [0, 0.1) is 18.3 Å². The van der Waals surface area contributed by atoms with E-state index in [-0.39, 0.29) is 5.75 Å². The number of halogens is 2. The van der Waals surface area contributed by atoms with Crippen LogP contribution in [-0.4, -0.2) is 11.6 Å². The highest BCUT2D eigenvalue weighted by molar-refractivity contribution is 7.11. The number of rotatable bonds is 5. The van der Waals surface area contributed by atoms with Crippen LogP contribution in [0.5, 0.6) is 5.75 Å². The number of nitriles is 1. The highest BCUT2D eigenvalue weighted by Gasteiger charge is 2.09. The Balaban J connectivity index is 1.84. The lowest BCUT2D eigenvalue weighted by molar-refractivity contribution is -0.0498. The van der Waals surface area contributed by atoms with Crippen LogP contribution in [0.2, 0.25) is 0 Å². The number of thiazole rings is 1. The number of nitrogens with zero attached hydrogens (tertiary/aromatic N) is 2. The summed E-state index contributed by atoms with van der Waals surface area (Å²) in [7, 11) is 0. The third kappa shape index (κ3) is 4.32. The Labute approximate surface area is 153 Å². The Bertz CT molecular complexity index is 955. The van der Waals surface area contributed by atoms with Crippen LogP contribution < -0.4 is 4.74 Å². The van der Waals surface area contributed by atoms with Crippen LogP contribution in [0.25, 0.3) is 22.9 Å².